The van der Waals surface area contributed by atoms with E-state index in [4.69, 9.17) is 4.74 Å². The summed E-state index contributed by atoms with van der Waals surface area (Å²) in [6.45, 7) is 0. The van der Waals surface area contributed by atoms with Gasteiger partial charge in [0.05, 0.1) is 10.9 Å². The first kappa shape index (κ1) is 22.4. The van der Waals surface area contributed by atoms with Crippen molar-refractivity contribution in [3.05, 3.63) is 126 Å². The Labute approximate surface area is 211 Å². The van der Waals surface area contributed by atoms with Crippen molar-refractivity contribution < 1.29 is 13.2 Å². The third-order valence-corrected chi connectivity index (χ3v) is 8.27. The molecule has 0 bridgehead atoms. The van der Waals surface area contributed by atoms with Crippen molar-refractivity contribution >= 4 is 21.4 Å². The van der Waals surface area contributed by atoms with E-state index in [1.54, 1.807) is 30.3 Å². The normalized spacial score (nSPS) is 20.2. The highest BCUT2D eigenvalue weighted by Gasteiger charge is 2.38. The molecule has 0 spiro atoms. The van der Waals surface area contributed by atoms with Gasteiger partial charge in [-0.2, -0.15) is 0 Å². The molecular weight excluding hydrogens is 468 g/mol. The van der Waals surface area contributed by atoms with Crippen LogP contribution in [0.2, 0.25) is 0 Å². The summed E-state index contributed by atoms with van der Waals surface area (Å²) in [5.74, 6) is 1.89. The van der Waals surface area contributed by atoms with Crippen LogP contribution >= 0.6 is 0 Å². The highest BCUT2D eigenvalue weighted by atomic mass is 32.2. The Bertz CT molecular complexity index is 1500. The fraction of sp³-hybridized carbons (Fsp3) is 0.133. The smallest absolute Gasteiger partial charge is 0.261 e. The van der Waals surface area contributed by atoms with Crippen LogP contribution in [0, 0.1) is 5.92 Å². The molecule has 2 aliphatic rings. The number of rotatable bonds is 6. The first-order valence-corrected chi connectivity index (χ1v) is 13.5. The lowest BCUT2D eigenvalue weighted by Crippen LogP contribution is -2.29. The number of allylic oxidation sites excluding steroid dienone is 2. The summed E-state index contributed by atoms with van der Waals surface area (Å²) < 4.78 is 35.0. The van der Waals surface area contributed by atoms with E-state index in [9.17, 15) is 8.42 Å². The van der Waals surface area contributed by atoms with E-state index in [0.29, 0.717) is 17.4 Å². The summed E-state index contributed by atoms with van der Waals surface area (Å²) in [6.07, 6.45) is 5.39. The largest absolute Gasteiger partial charge is 0.457 e. The van der Waals surface area contributed by atoms with Gasteiger partial charge in [0.1, 0.15) is 11.5 Å². The van der Waals surface area contributed by atoms with E-state index in [0.717, 1.165) is 23.4 Å². The van der Waals surface area contributed by atoms with Gasteiger partial charge in [-0.1, -0.05) is 60.7 Å². The number of benzene rings is 4. The minimum Gasteiger partial charge on any atom is -0.457 e. The molecule has 0 radical (unpaired) electrons. The Kier molecular flexibility index (Phi) is 5.74. The van der Waals surface area contributed by atoms with Crippen molar-refractivity contribution in [2.24, 2.45) is 5.92 Å². The molecule has 0 amide bonds. The third kappa shape index (κ3) is 4.36. The zero-order valence-corrected chi connectivity index (χ0v) is 20.4. The number of anilines is 2. The molecule has 0 saturated carbocycles. The molecule has 6 rings (SSSR count). The standard InChI is InChI=1S/C30H26N2O3S/c33-36(34,32-22-14-16-24(17-15-22)35-23-10-5-2-6-11-23)25-18-19-29-28(20-25)26-12-7-13-27(26)30(31-29)21-8-3-1-4-9-21/h1-12,14-20,26-27,30-32H,13H2/t26-,27+,30+/m0/s1. The van der Waals surface area contributed by atoms with E-state index in [-0.39, 0.29) is 16.9 Å². The molecule has 6 heteroatoms. The second-order valence-electron chi connectivity index (χ2n) is 9.18. The molecule has 36 heavy (non-hydrogen) atoms. The zero-order chi connectivity index (χ0) is 24.5. The summed E-state index contributed by atoms with van der Waals surface area (Å²) in [5, 5.41) is 3.67. The number of nitrogens with one attached hydrogen (secondary N) is 2. The molecule has 3 atom stereocenters. The van der Waals surface area contributed by atoms with Gasteiger partial charge in [0, 0.05) is 17.3 Å². The number of sulfonamides is 1. The van der Waals surface area contributed by atoms with Crippen molar-refractivity contribution in [1.29, 1.82) is 0 Å². The molecule has 1 aliphatic carbocycles. The maximum atomic E-state index is 13.3. The van der Waals surface area contributed by atoms with Gasteiger partial charge in [0.15, 0.2) is 0 Å². The number of hydrogen-bond acceptors (Lipinski definition) is 4. The second kappa shape index (κ2) is 9.21. The maximum Gasteiger partial charge on any atom is 0.261 e. The van der Waals surface area contributed by atoms with Crippen molar-refractivity contribution in [3.8, 4) is 11.5 Å². The third-order valence-electron chi connectivity index (χ3n) is 6.89. The molecule has 0 aromatic heterocycles. The van der Waals surface area contributed by atoms with Gasteiger partial charge in [0.25, 0.3) is 10.0 Å². The Hall–Kier alpha value is -4.03. The summed E-state index contributed by atoms with van der Waals surface area (Å²) in [7, 11) is -3.76. The van der Waals surface area contributed by atoms with E-state index < -0.39 is 10.0 Å². The van der Waals surface area contributed by atoms with Crippen LogP contribution in [0.4, 0.5) is 11.4 Å². The molecule has 4 aromatic carbocycles. The van der Waals surface area contributed by atoms with Crippen LogP contribution in [0.3, 0.4) is 0 Å². The number of ether oxygens (including phenoxy) is 1. The molecule has 1 heterocycles. The molecule has 180 valence electrons. The van der Waals surface area contributed by atoms with Crippen molar-refractivity contribution in [3.63, 3.8) is 0 Å². The second-order valence-corrected chi connectivity index (χ2v) is 10.9. The fourth-order valence-electron chi connectivity index (χ4n) is 5.16. The summed E-state index contributed by atoms with van der Waals surface area (Å²) in [6, 6.07) is 32.4. The van der Waals surface area contributed by atoms with E-state index in [1.165, 1.54) is 5.56 Å². The van der Waals surface area contributed by atoms with Crippen LogP contribution in [0.1, 0.15) is 29.5 Å². The van der Waals surface area contributed by atoms with Crippen LogP contribution in [0.5, 0.6) is 11.5 Å². The van der Waals surface area contributed by atoms with Crippen LogP contribution < -0.4 is 14.8 Å². The Morgan fingerprint density at radius 3 is 2.25 bits per heavy atom. The average Bonchev–Trinajstić information content (AvgIpc) is 3.40. The molecule has 1 aliphatic heterocycles. The fourth-order valence-corrected chi connectivity index (χ4v) is 6.25. The first-order chi connectivity index (χ1) is 17.6. The number of hydrogen-bond donors (Lipinski definition) is 2. The molecule has 5 nitrogen and oxygen atoms in total. The first-order valence-electron chi connectivity index (χ1n) is 12.0. The van der Waals surface area contributed by atoms with Crippen molar-refractivity contribution in [2.75, 3.05) is 10.0 Å². The molecule has 0 unspecified atom stereocenters. The van der Waals surface area contributed by atoms with Crippen LogP contribution in [-0.2, 0) is 10.0 Å². The Morgan fingerprint density at radius 1 is 0.806 bits per heavy atom. The van der Waals surface area contributed by atoms with Gasteiger partial charge in [-0.05, 0) is 78.1 Å². The van der Waals surface area contributed by atoms with Crippen molar-refractivity contribution in [2.45, 2.75) is 23.3 Å². The SMILES string of the molecule is O=S(=O)(Nc1ccc(Oc2ccccc2)cc1)c1ccc2c(c1)[C@H]1C=CC[C@H]1[C@@H](c1ccccc1)N2. The van der Waals surface area contributed by atoms with E-state index in [2.05, 4.69) is 46.5 Å². The highest BCUT2D eigenvalue weighted by Crippen LogP contribution is 2.50. The lowest BCUT2D eigenvalue weighted by Gasteiger charge is -2.37. The summed E-state index contributed by atoms with van der Waals surface area (Å²) >= 11 is 0. The Balaban J connectivity index is 1.23. The Morgan fingerprint density at radius 2 is 1.50 bits per heavy atom. The van der Waals surface area contributed by atoms with E-state index >= 15 is 0 Å². The zero-order valence-electron chi connectivity index (χ0n) is 19.5. The molecule has 2 N–H and O–H groups in total. The molecular formula is C30H26N2O3S. The van der Waals surface area contributed by atoms with Gasteiger partial charge < -0.3 is 10.1 Å². The van der Waals surface area contributed by atoms with Crippen LogP contribution in [0.15, 0.2) is 120 Å². The molecule has 0 fully saturated rings. The number of fused-ring (bicyclic) bond motifs is 3. The lowest BCUT2D eigenvalue weighted by molar-refractivity contribution is 0.425. The van der Waals surface area contributed by atoms with Crippen LogP contribution in [-0.4, -0.2) is 8.42 Å². The van der Waals surface area contributed by atoms with Crippen molar-refractivity contribution in [1.82, 2.24) is 0 Å². The monoisotopic (exact) mass is 494 g/mol. The average molecular weight is 495 g/mol. The van der Waals surface area contributed by atoms with Gasteiger partial charge in [-0.3, -0.25) is 4.72 Å². The summed E-state index contributed by atoms with van der Waals surface area (Å²) in [5.41, 5.74) is 3.74. The topological polar surface area (TPSA) is 67.4 Å². The van der Waals surface area contributed by atoms with Gasteiger partial charge in [0.2, 0.25) is 0 Å². The van der Waals surface area contributed by atoms with E-state index in [1.807, 2.05) is 48.5 Å². The van der Waals surface area contributed by atoms with Gasteiger partial charge >= 0.3 is 0 Å². The molecule has 0 saturated heterocycles. The van der Waals surface area contributed by atoms with Gasteiger partial charge in [-0.25, -0.2) is 8.42 Å². The summed E-state index contributed by atoms with van der Waals surface area (Å²) in [4.78, 5) is 0.255. The molecule has 4 aromatic rings. The predicted molar refractivity (Wildman–Crippen MR) is 143 cm³/mol. The minimum absolute atomic E-state index is 0.177. The highest BCUT2D eigenvalue weighted by molar-refractivity contribution is 7.92. The number of para-hydroxylation sites is 1. The van der Waals surface area contributed by atoms with Crippen LogP contribution in [0.25, 0.3) is 0 Å². The predicted octanol–water partition coefficient (Wildman–Crippen LogP) is 7.11. The maximum absolute atomic E-state index is 13.3. The quantitative estimate of drug-likeness (QED) is 0.280. The lowest BCUT2D eigenvalue weighted by atomic mass is 9.77. The van der Waals surface area contributed by atoms with Gasteiger partial charge in [-0.15, -0.1) is 0 Å². The minimum atomic E-state index is -3.76.